The molecule has 0 atom stereocenters. The molecule has 0 unspecified atom stereocenters. The molecule has 0 aliphatic heterocycles. The van der Waals surface area contributed by atoms with Crippen LogP contribution in [-0.4, -0.2) is 58.2 Å². The number of hydrogen-bond acceptors (Lipinski definition) is 7. The summed E-state index contributed by atoms with van der Waals surface area (Å²) >= 11 is 0. The third kappa shape index (κ3) is 4.73. The fourth-order valence-electron chi connectivity index (χ4n) is 1.78. The summed E-state index contributed by atoms with van der Waals surface area (Å²) in [7, 11) is 7.04. The average Bonchev–Trinajstić information content (AvgIpc) is 2.59. The van der Waals surface area contributed by atoms with Crippen LogP contribution >= 0.6 is 0 Å². The minimum absolute atomic E-state index is 0.127. The highest BCUT2D eigenvalue weighted by atomic mass is 16.5. The lowest BCUT2D eigenvalue weighted by Crippen LogP contribution is -2.22. The summed E-state index contributed by atoms with van der Waals surface area (Å²) in [6.45, 7) is 0. The number of ether oxygens (including phenoxy) is 3. The van der Waals surface area contributed by atoms with E-state index in [9.17, 15) is 14.4 Å². The van der Waals surface area contributed by atoms with E-state index >= 15 is 0 Å². The largest absolute Gasteiger partial charge is 0.496 e. The van der Waals surface area contributed by atoms with E-state index < -0.39 is 11.9 Å². The van der Waals surface area contributed by atoms with E-state index in [4.69, 9.17) is 4.74 Å². The van der Waals surface area contributed by atoms with E-state index in [2.05, 4.69) is 14.8 Å². The smallest absolute Gasteiger partial charge is 0.354 e. The highest BCUT2D eigenvalue weighted by Gasteiger charge is 2.17. The van der Waals surface area contributed by atoms with Gasteiger partial charge < -0.3 is 24.4 Å². The first-order valence-electron chi connectivity index (χ1n) is 6.88. The van der Waals surface area contributed by atoms with Crippen molar-refractivity contribution in [3.63, 3.8) is 0 Å². The maximum Gasteiger partial charge on any atom is 0.354 e. The molecule has 1 aromatic carbocycles. The molecule has 0 radical (unpaired) electrons. The van der Waals surface area contributed by atoms with Crippen LogP contribution in [0.3, 0.4) is 0 Å². The lowest BCUT2D eigenvalue weighted by atomic mass is 10.1. The summed E-state index contributed by atoms with van der Waals surface area (Å²) in [6.07, 6.45) is 0.962. The van der Waals surface area contributed by atoms with Crippen molar-refractivity contribution in [2.75, 3.05) is 40.7 Å². The summed E-state index contributed by atoms with van der Waals surface area (Å²) < 4.78 is 14.3. The fraction of sp³-hybridized carbons (Fsp3) is 0.312. The van der Waals surface area contributed by atoms with Gasteiger partial charge in [0.1, 0.15) is 11.4 Å². The van der Waals surface area contributed by atoms with Gasteiger partial charge in [-0.25, -0.2) is 9.59 Å². The predicted octanol–water partition coefficient (Wildman–Crippen LogP) is 1.04. The third-order valence-corrected chi connectivity index (χ3v) is 2.98. The van der Waals surface area contributed by atoms with Crippen LogP contribution < -0.4 is 10.1 Å². The molecule has 24 heavy (non-hydrogen) atoms. The minimum atomic E-state index is -0.753. The summed E-state index contributed by atoms with van der Waals surface area (Å²) in [4.78, 5) is 36.7. The molecule has 8 heteroatoms. The van der Waals surface area contributed by atoms with E-state index in [1.54, 1.807) is 26.2 Å². The normalized spacial score (nSPS) is 10.6. The first kappa shape index (κ1) is 19.0. The summed E-state index contributed by atoms with van der Waals surface area (Å²) in [5.74, 6) is -1.36. The lowest BCUT2D eigenvalue weighted by molar-refractivity contribution is -0.138. The highest BCUT2D eigenvalue weighted by Crippen LogP contribution is 2.24. The summed E-state index contributed by atoms with van der Waals surface area (Å²) in [6, 6.07) is 4.68. The van der Waals surface area contributed by atoms with Gasteiger partial charge >= 0.3 is 11.9 Å². The Morgan fingerprint density at radius 1 is 1.08 bits per heavy atom. The zero-order chi connectivity index (χ0) is 18.3. The molecule has 0 saturated carbocycles. The molecule has 8 nitrogen and oxygen atoms in total. The number of benzene rings is 1. The van der Waals surface area contributed by atoms with E-state index in [1.165, 1.54) is 32.3 Å². The van der Waals surface area contributed by atoms with Gasteiger partial charge in [-0.2, -0.15) is 0 Å². The minimum Gasteiger partial charge on any atom is -0.496 e. The quantitative estimate of drug-likeness (QED) is 0.612. The van der Waals surface area contributed by atoms with Crippen molar-refractivity contribution in [1.29, 1.82) is 0 Å². The Balaban J connectivity index is 3.23. The Hall–Kier alpha value is -3.03. The number of amides is 1. The van der Waals surface area contributed by atoms with Gasteiger partial charge in [0.2, 0.25) is 0 Å². The summed E-state index contributed by atoms with van der Waals surface area (Å²) in [5.41, 5.74) is 0.578. The maximum atomic E-state index is 12.2. The Morgan fingerprint density at radius 2 is 1.75 bits per heavy atom. The Labute approximate surface area is 140 Å². The van der Waals surface area contributed by atoms with E-state index in [1.807, 2.05) is 0 Å². The first-order valence-corrected chi connectivity index (χ1v) is 6.88. The van der Waals surface area contributed by atoms with Crippen LogP contribution in [0.1, 0.15) is 10.4 Å². The van der Waals surface area contributed by atoms with Gasteiger partial charge in [0.05, 0.1) is 33.0 Å². The number of rotatable bonds is 6. The molecule has 0 fully saturated rings. The van der Waals surface area contributed by atoms with Crippen LogP contribution in [-0.2, 0) is 19.1 Å². The number of anilines is 1. The monoisotopic (exact) mass is 336 g/mol. The molecular formula is C16H20N2O6. The number of methoxy groups -OCH3 is 3. The Kier molecular flexibility index (Phi) is 6.79. The molecule has 130 valence electrons. The zero-order valence-electron chi connectivity index (χ0n) is 14.2. The van der Waals surface area contributed by atoms with Gasteiger partial charge in [0, 0.05) is 19.8 Å². The van der Waals surface area contributed by atoms with Crippen molar-refractivity contribution in [2.45, 2.75) is 0 Å². The summed E-state index contributed by atoms with van der Waals surface area (Å²) in [5, 5.41) is 2.74. The number of carbonyl (C=O) groups excluding carboxylic acids is 3. The highest BCUT2D eigenvalue weighted by molar-refractivity contribution is 6.00. The van der Waals surface area contributed by atoms with Crippen molar-refractivity contribution in [3.8, 4) is 5.75 Å². The van der Waals surface area contributed by atoms with Crippen LogP contribution in [0, 0.1) is 0 Å². The van der Waals surface area contributed by atoms with Crippen LogP contribution in [0.2, 0.25) is 0 Å². The zero-order valence-corrected chi connectivity index (χ0v) is 14.2. The third-order valence-electron chi connectivity index (χ3n) is 2.98. The van der Waals surface area contributed by atoms with Crippen LogP contribution in [0.5, 0.6) is 5.75 Å². The molecule has 0 bridgehead atoms. The van der Waals surface area contributed by atoms with Gasteiger partial charge in [0.15, 0.2) is 0 Å². The van der Waals surface area contributed by atoms with Crippen molar-refractivity contribution >= 4 is 23.5 Å². The van der Waals surface area contributed by atoms with Crippen LogP contribution in [0.4, 0.5) is 5.69 Å². The maximum absolute atomic E-state index is 12.2. The van der Waals surface area contributed by atoms with Crippen molar-refractivity contribution in [3.05, 3.63) is 35.5 Å². The molecule has 1 amide bonds. The lowest BCUT2D eigenvalue weighted by Gasteiger charge is -2.15. The predicted molar refractivity (Wildman–Crippen MR) is 86.7 cm³/mol. The van der Waals surface area contributed by atoms with E-state index in [-0.39, 0.29) is 11.6 Å². The number of nitrogens with zero attached hydrogens (tertiary/aromatic N) is 1. The first-order chi connectivity index (χ1) is 11.3. The molecule has 0 saturated heterocycles. The fourth-order valence-corrected chi connectivity index (χ4v) is 1.78. The number of carbonyl (C=O) groups is 3. The van der Waals surface area contributed by atoms with Gasteiger partial charge in [-0.1, -0.05) is 0 Å². The van der Waals surface area contributed by atoms with E-state index in [0.29, 0.717) is 17.0 Å². The molecular weight excluding hydrogens is 316 g/mol. The second-order valence-corrected chi connectivity index (χ2v) is 4.81. The van der Waals surface area contributed by atoms with Crippen molar-refractivity contribution < 1.29 is 28.6 Å². The second-order valence-electron chi connectivity index (χ2n) is 4.81. The SMILES string of the molecule is COC(=O)/C=C(/Nc1ccc(OC)c(C(=O)N(C)C)c1)C(=O)OC. The number of nitrogens with one attached hydrogen (secondary N) is 1. The van der Waals surface area contributed by atoms with Crippen molar-refractivity contribution in [1.82, 2.24) is 4.90 Å². The molecule has 0 aliphatic carbocycles. The van der Waals surface area contributed by atoms with Gasteiger partial charge in [-0.3, -0.25) is 4.79 Å². The Morgan fingerprint density at radius 3 is 2.25 bits per heavy atom. The van der Waals surface area contributed by atoms with Gasteiger partial charge in [0.25, 0.3) is 5.91 Å². The standard InChI is InChI=1S/C16H20N2O6/c1-18(2)15(20)11-8-10(6-7-13(11)22-3)17-12(16(21)24-5)9-14(19)23-4/h6-9,17H,1-5H3/b12-9+. The molecule has 0 spiro atoms. The average molecular weight is 336 g/mol. The topological polar surface area (TPSA) is 94.2 Å². The molecule has 1 N–H and O–H groups in total. The van der Waals surface area contributed by atoms with Crippen molar-refractivity contribution in [2.24, 2.45) is 0 Å². The number of esters is 2. The molecule has 1 rings (SSSR count). The molecule has 1 aromatic rings. The molecule has 0 heterocycles. The molecule has 0 aromatic heterocycles. The van der Waals surface area contributed by atoms with Gasteiger partial charge in [-0.05, 0) is 18.2 Å². The number of hydrogen-bond donors (Lipinski definition) is 1. The van der Waals surface area contributed by atoms with Gasteiger partial charge in [-0.15, -0.1) is 0 Å². The van der Waals surface area contributed by atoms with E-state index in [0.717, 1.165) is 6.08 Å². The second kappa shape index (κ2) is 8.56. The van der Waals surface area contributed by atoms with Crippen LogP contribution in [0.25, 0.3) is 0 Å². The Bertz CT molecular complexity index is 667. The molecule has 0 aliphatic rings. The van der Waals surface area contributed by atoms with Crippen LogP contribution in [0.15, 0.2) is 30.0 Å².